The van der Waals surface area contributed by atoms with Crippen molar-refractivity contribution in [2.75, 3.05) is 4.72 Å². The van der Waals surface area contributed by atoms with E-state index in [9.17, 15) is 30.4 Å². The first-order valence-corrected chi connectivity index (χ1v) is 14.4. The summed E-state index contributed by atoms with van der Waals surface area (Å²) in [4.78, 5) is 20.0. The van der Waals surface area contributed by atoms with Crippen molar-refractivity contribution in [2.45, 2.75) is 11.1 Å². The highest BCUT2D eigenvalue weighted by molar-refractivity contribution is 7.92. The maximum absolute atomic E-state index is 15.0. The molecule has 0 aliphatic heterocycles. The summed E-state index contributed by atoms with van der Waals surface area (Å²) in [6.07, 6.45) is 0.920. The van der Waals surface area contributed by atoms with E-state index >= 15 is 0 Å². The molecule has 0 atom stereocenters. The second kappa shape index (κ2) is 12.9. The van der Waals surface area contributed by atoms with Crippen molar-refractivity contribution >= 4 is 44.7 Å². The fourth-order valence-electron chi connectivity index (χ4n) is 3.40. The SMILES string of the molecule is Cn1cc(-c2cc(-c3ccnc(F)c3)ncc2Oc2cc(F)c(S(=O)(=O)Nc3cscn3)cc2Cl)cn1.O=C(O)C(F)(F)F. The fourth-order valence-corrected chi connectivity index (χ4v) is 5.31. The minimum absolute atomic E-state index is 0.0576. The zero-order valence-electron chi connectivity index (χ0n) is 21.8. The van der Waals surface area contributed by atoms with Gasteiger partial charge < -0.3 is 9.84 Å². The summed E-state index contributed by atoms with van der Waals surface area (Å²) in [6, 6.07) is 6.32. The molecular weight excluding hydrogens is 659 g/mol. The topological polar surface area (TPSA) is 149 Å². The molecule has 230 valence electrons. The number of pyridine rings is 2. The third kappa shape index (κ3) is 7.82. The Morgan fingerprint density at radius 2 is 1.80 bits per heavy atom. The average Bonchev–Trinajstić information content (AvgIpc) is 3.62. The number of nitrogens with one attached hydrogen (secondary N) is 1. The molecule has 0 unspecified atom stereocenters. The van der Waals surface area contributed by atoms with Crippen molar-refractivity contribution < 1.29 is 45.0 Å². The van der Waals surface area contributed by atoms with Gasteiger partial charge >= 0.3 is 12.1 Å². The lowest BCUT2D eigenvalue weighted by molar-refractivity contribution is -0.192. The van der Waals surface area contributed by atoms with Gasteiger partial charge in [-0.2, -0.15) is 22.7 Å². The van der Waals surface area contributed by atoms with Gasteiger partial charge in [-0.25, -0.2) is 27.6 Å². The largest absolute Gasteiger partial charge is 0.490 e. The van der Waals surface area contributed by atoms with Crippen LogP contribution in [0.3, 0.4) is 0 Å². The van der Waals surface area contributed by atoms with Crippen molar-refractivity contribution in [3.05, 3.63) is 82.8 Å². The first-order valence-electron chi connectivity index (χ1n) is 11.6. The molecule has 2 N–H and O–H groups in total. The Kier molecular flexibility index (Phi) is 9.45. The van der Waals surface area contributed by atoms with E-state index in [0.29, 0.717) is 22.4 Å². The fraction of sp³-hybridized carbons (Fsp3) is 0.0800. The van der Waals surface area contributed by atoms with Crippen molar-refractivity contribution in [1.29, 1.82) is 0 Å². The maximum atomic E-state index is 15.0. The van der Waals surface area contributed by atoms with E-state index in [1.807, 2.05) is 0 Å². The quantitative estimate of drug-likeness (QED) is 0.153. The molecule has 11 nitrogen and oxygen atoms in total. The Balaban J connectivity index is 0.000000566. The van der Waals surface area contributed by atoms with E-state index in [1.165, 1.54) is 40.7 Å². The monoisotopic (exact) mass is 674 g/mol. The Morgan fingerprint density at radius 3 is 2.39 bits per heavy atom. The second-order valence-corrected chi connectivity index (χ2v) is 11.2. The molecular formula is C25H16ClF5N6O5S2. The molecule has 1 aromatic carbocycles. The molecule has 4 aromatic heterocycles. The van der Waals surface area contributed by atoms with Crippen LogP contribution in [0.25, 0.3) is 22.4 Å². The molecule has 0 radical (unpaired) electrons. The number of carboxylic acid groups (broad SMARTS) is 1. The van der Waals surface area contributed by atoms with Crippen molar-refractivity contribution in [1.82, 2.24) is 24.7 Å². The minimum atomic E-state index is -5.08. The highest BCUT2D eigenvalue weighted by Crippen LogP contribution is 2.39. The van der Waals surface area contributed by atoms with Crippen LogP contribution in [0, 0.1) is 11.8 Å². The van der Waals surface area contributed by atoms with Crippen LogP contribution >= 0.6 is 22.9 Å². The predicted octanol–water partition coefficient (Wildman–Crippen LogP) is 6.16. The third-order valence-electron chi connectivity index (χ3n) is 5.32. The van der Waals surface area contributed by atoms with Gasteiger partial charge in [-0.15, -0.1) is 11.3 Å². The molecule has 0 spiro atoms. The number of thiazole rings is 1. The number of halogens is 6. The molecule has 0 saturated heterocycles. The molecule has 19 heteroatoms. The maximum Gasteiger partial charge on any atom is 0.490 e. The molecule has 0 aliphatic rings. The van der Waals surface area contributed by atoms with E-state index < -0.39 is 38.8 Å². The van der Waals surface area contributed by atoms with Crippen molar-refractivity contribution in [3.63, 3.8) is 0 Å². The van der Waals surface area contributed by atoms with Crippen molar-refractivity contribution in [3.8, 4) is 33.9 Å². The molecule has 5 aromatic rings. The lowest BCUT2D eigenvalue weighted by Gasteiger charge is -2.14. The Bertz CT molecular complexity index is 1920. The van der Waals surface area contributed by atoms with Gasteiger partial charge in [-0.3, -0.25) is 14.4 Å². The van der Waals surface area contributed by atoms with Gasteiger partial charge in [0, 0.05) is 53.6 Å². The highest BCUT2D eigenvalue weighted by atomic mass is 35.5. The van der Waals surface area contributed by atoms with Crippen LogP contribution in [0.15, 0.2) is 70.9 Å². The summed E-state index contributed by atoms with van der Waals surface area (Å²) in [5, 5.41) is 12.6. The zero-order valence-corrected chi connectivity index (χ0v) is 24.1. The first kappa shape index (κ1) is 32.2. The number of aliphatic carboxylic acids is 1. The number of alkyl halides is 3. The number of sulfonamides is 1. The number of hydrogen-bond acceptors (Lipinski definition) is 9. The smallest absolute Gasteiger partial charge is 0.475 e. The summed E-state index contributed by atoms with van der Waals surface area (Å²) < 4.78 is 95.3. The normalized spacial score (nSPS) is 11.4. The number of nitrogens with zero attached hydrogens (tertiary/aromatic N) is 5. The van der Waals surface area contributed by atoms with Gasteiger partial charge in [0.15, 0.2) is 11.6 Å². The predicted molar refractivity (Wildman–Crippen MR) is 148 cm³/mol. The molecule has 0 aliphatic carbocycles. The van der Waals surface area contributed by atoms with Crippen molar-refractivity contribution in [2.24, 2.45) is 7.05 Å². The van der Waals surface area contributed by atoms with Crippen LogP contribution in [0.1, 0.15) is 0 Å². The van der Waals surface area contributed by atoms with Gasteiger partial charge in [0.25, 0.3) is 10.0 Å². The van der Waals surface area contributed by atoms with Crippen LogP contribution in [-0.2, 0) is 21.9 Å². The van der Waals surface area contributed by atoms with E-state index in [-0.39, 0.29) is 22.3 Å². The first-order chi connectivity index (χ1) is 20.6. The van der Waals surface area contributed by atoms with Crippen LogP contribution in [0.5, 0.6) is 11.5 Å². The summed E-state index contributed by atoms with van der Waals surface area (Å²) in [5.74, 6) is -4.40. The summed E-state index contributed by atoms with van der Waals surface area (Å²) in [7, 11) is -2.56. The van der Waals surface area contributed by atoms with E-state index in [4.69, 9.17) is 26.2 Å². The van der Waals surface area contributed by atoms with Gasteiger partial charge in [0.05, 0.1) is 28.6 Å². The number of hydrogen-bond donors (Lipinski definition) is 2. The zero-order chi connectivity index (χ0) is 32.2. The van der Waals surface area contributed by atoms with Crippen LogP contribution in [-0.4, -0.2) is 50.4 Å². The number of carbonyl (C=O) groups is 1. The van der Waals surface area contributed by atoms with Crippen LogP contribution in [0.2, 0.25) is 5.02 Å². The average molecular weight is 675 g/mol. The number of ether oxygens (including phenoxy) is 1. The van der Waals surface area contributed by atoms with Gasteiger partial charge in [-0.1, -0.05) is 11.6 Å². The summed E-state index contributed by atoms with van der Waals surface area (Å²) in [5.41, 5.74) is 3.49. The van der Waals surface area contributed by atoms with E-state index in [2.05, 4.69) is 24.8 Å². The molecule has 44 heavy (non-hydrogen) atoms. The Morgan fingerprint density at radius 1 is 1.07 bits per heavy atom. The second-order valence-electron chi connectivity index (χ2n) is 8.43. The number of aromatic nitrogens is 5. The number of carboxylic acids is 1. The number of aryl methyl sites for hydroxylation is 1. The molecule has 0 fully saturated rings. The third-order valence-corrected chi connectivity index (χ3v) is 7.57. The molecule has 0 amide bonds. The lowest BCUT2D eigenvalue weighted by Crippen LogP contribution is -2.21. The van der Waals surface area contributed by atoms with Gasteiger partial charge in [-0.05, 0) is 18.2 Å². The number of benzene rings is 1. The summed E-state index contributed by atoms with van der Waals surface area (Å²) in [6.45, 7) is 0. The molecule has 0 bridgehead atoms. The van der Waals surface area contributed by atoms with E-state index in [0.717, 1.165) is 12.1 Å². The highest BCUT2D eigenvalue weighted by Gasteiger charge is 2.38. The number of anilines is 1. The Labute approximate surface area is 253 Å². The van der Waals surface area contributed by atoms with E-state index in [1.54, 1.807) is 36.3 Å². The van der Waals surface area contributed by atoms with Gasteiger partial charge in [0.2, 0.25) is 5.95 Å². The summed E-state index contributed by atoms with van der Waals surface area (Å²) >= 11 is 7.48. The Hall–Kier alpha value is -4.68. The molecule has 5 rings (SSSR count). The van der Waals surface area contributed by atoms with Gasteiger partial charge in [0.1, 0.15) is 16.5 Å². The molecule has 0 saturated carbocycles. The lowest BCUT2D eigenvalue weighted by atomic mass is 10.1. The van der Waals surface area contributed by atoms with Crippen LogP contribution in [0.4, 0.5) is 27.8 Å². The molecule has 4 heterocycles. The minimum Gasteiger partial charge on any atom is -0.475 e. The van der Waals surface area contributed by atoms with Crippen LogP contribution < -0.4 is 9.46 Å². The standard InChI is InChI=1S/C23H15ClF2N6O3S2.C2HF3O2/c1-32-10-14(8-30-32)15-5-18(13-2-3-27-22(26)4-13)28-9-20(15)35-19-7-17(25)21(6-16(19)24)37(33,34)31-23-11-36-12-29-23;3-2(4,5)1(6)7/h2-12,31H,1H3;(H,6,7). The number of rotatable bonds is 7.